The van der Waals surface area contributed by atoms with Crippen LogP contribution >= 0.6 is 0 Å². The lowest BCUT2D eigenvalue weighted by Crippen LogP contribution is -2.37. The molecule has 0 aliphatic carbocycles. The number of hydrogen-bond donors (Lipinski definition) is 2. The number of hydrogen-bond acceptors (Lipinski definition) is 5. The Balaban J connectivity index is 1.39. The highest BCUT2D eigenvalue weighted by molar-refractivity contribution is 5.74. The summed E-state index contributed by atoms with van der Waals surface area (Å²) in [6, 6.07) is 7.15. The topological polar surface area (TPSA) is 82.3 Å². The quantitative estimate of drug-likeness (QED) is 0.498. The molecule has 0 saturated heterocycles. The number of nitrogens with one attached hydrogen (secondary N) is 1. The highest BCUT2D eigenvalue weighted by Gasteiger charge is 2.31. The normalized spacial score (nSPS) is 15.3. The third kappa shape index (κ3) is 4.09. The molecule has 164 valence electrons. The molecule has 7 nitrogen and oxygen atoms in total. The molecule has 1 aromatic carbocycles. The molecule has 3 aromatic heterocycles. The molecule has 0 spiro atoms. The molecule has 0 amide bonds. The smallest absolute Gasteiger partial charge is 0.401 e. The molecule has 0 fully saturated rings. The molecule has 2 N–H and O–H groups in total. The van der Waals surface area contributed by atoms with Crippen LogP contribution in [0.1, 0.15) is 12.1 Å². The fourth-order valence-electron chi connectivity index (χ4n) is 3.86. The van der Waals surface area contributed by atoms with Gasteiger partial charge in [0, 0.05) is 42.8 Å². The van der Waals surface area contributed by atoms with Crippen LogP contribution in [0.4, 0.5) is 13.2 Å². The molecule has 4 heterocycles. The van der Waals surface area contributed by atoms with Crippen LogP contribution in [0.5, 0.6) is 5.75 Å². The van der Waals surface area contributed by atoms with Crippen LogP contribution in [0.2, 0.25) is 0 Å². The number of phenolic OH excluding ortho intramolecular Hbond substituents is 1. The van der Waals surface area contributed by atoms with Crippen LogP contribution in [-0.2, 0) is 0 Å². The molecule has 4 aromatic rings. The van der Waals surface area contributed by atoms with Crippen molar-refractivity contribution in [3.8, 4) is 28.1 Å². The molecule has 1 aliphatic heterocycles. The van der Waals surface area contributed by atoms with Gasteiger partial charge in [-0.05, 0) is 35.8 Å². The van der Waals surface area contributed by atoms with Crippen LogP contribution in [0.3, 0.4) is 0 Å². The van der Waals surface area contributed by atoms with E-state index < -0.39 is 12.7 Å². The van der Waals surface area contributed by atoms with E-state index in [1.54, 1.807) is 41.2 Å². The summed E-state index contributed by atoms with van der Waals surface area (Å²) in [6.45, 7) is -0.344. The third-order valence-electron chi connectivity index (χ3n) is 5.46. The lowest BCUT2D eigenvalue weighted by Gasteiger charge is -2.26. The van der Waals surface area contributed by atoms with Crippen molar-refractivity contribution in [2.45, 2.75) is 12.6 Å². The SMILES string of the molecule is Oc1cc(-c2cn[nH]c2)ccc1-c1cn2ccc(C3=CCN(CC(F)(F)F)CC3)nc2n1. The van der Waals surface area contributed by atoms with E-state index in [0.717, 1.165) is 16.7 Å². The van der Waals surface area contributed by atoms with Gasteiger partial charge in [0.1, 0.15) is 5.75 Å². The Morgan fingerprint density at radius 2 is 1.94 bits per heavy atom. The van der Waals surface area contributed by atoms with E-state index in [-0.39, 0.29) is 12.3 Å². The van der Waals surface area contributed by atoms with Gasteiger partial charge < -0.3 is 5.11 Å². The second kappa shape index (κ2) is 7.79. The minimum absolute atomic E-state index is 0.0899. The number of aromatic nitrogens is 5. The predicted molar refractivity (Wildman–Crippen MR) is 113 cm³/mol. The summed E-state index contributed by atoms with van der Waals surface area (Å²) in [7, 11) is 0. The molecule has 0 bridgehead atoms. The Kier molecular flexibility index (Phi) is 4.93. The molecule has 0 atom stereocenters. The van der Waals surface area contributed by atoms with Crippen LogP contribution in [0, 0.1) is 0 Å². The van der Waals surface area contributed by atoms with E-state index in [0.29, 0.717) is 35.7 Å². The Labute approximate surface area is 180 Å². The monoisotopic (exact) mass is 440 g/mol. The zero-order chi connectivity index (χ0) is 22.3. The molecule has 0 radical (unpaired) electrons. The summed E-state index contributed by atoms with van der Waals surface area (Å²) >= 11 is 0. The second-order valence-corrected chi connectivity index (χ2v) is 7.69. The number of rotatable bonds is 4. The average molecular weight is 440 g/mol. The highest BCUT2D eigenvalue weighted by atomic mass is 19.4. The first-order chi connectivity index (χ1) is 15.4. The fraction of sp³-hybridized carbons (Fsp3) is 0.227. The number of benzene rings is 1. The van der Waals surface area contributed by atoms with Crippen molar-refractivity contribution in [1.29, 1.82) is 0 Å². The highest BCUT2D eigenvalue weighted by Crippen LogP contribution is 2.33. The van der Waals surface area contributed by atoms with Crippen LogP contribution < -0.4 is 0 Å². The van der Waals surface area contributed by atoms with Crippen molar-refractivity contribution in [2.24, 2.45) is 0 Å². The van der Waals surface area contributed by atoms with Gasteiger partial charge in [-0.25, -0.2) is 9.97 Å². The number of aromatic hydroxyl groups is 1. The second-order valence-electron chi connectivity index (χ2n) is 7.69. The van der Waals surface area contributed by atoms with Crippen LogP contribution in [-0.4, -0.2) is 60.4 Å². The van der Waals surface area contributed by atoms with Crippen molar-refractivity contribution < 1.29 is 18.3 Å². The molecule has 5 rings (SSSR count). The van der Waals surface area contributed by atoms with E-state index in [4.69, 9.17) is 0 Å². The number of nitrogens with zero attached hydrogens (tertiary/aromatic N) is 5. The van der Waals surface area contributed by atoms with Gasteiger partial charge in [0.2, 0.25) is 5.78 Å². The minimum Gasteiger partial charge on any atom is -0.507 e. The summed E-state index contributed by atoms with van der Waals surface area (Å²) < 4.78 is 39.5. The number of alkyl halides is 3. The largest absolute Gasteiger partial charge is 0.507 e. The van der Waals surface area contributed by atoms with Gasteiger partial charge in [-0.2, -0.15) is 18.3 Å². The molecular formula is C22H19F3N6O. The summed E-state index contributed by atoms with van der Waals surface area (Å²) in [5.74, 6) is 0.543. The zero-order valence-corrected chi connectivity index (χ0v) is 16.8. The van der Waals surface area contributed by atoms with E-state index >= 15 is 0 Å². The number of fused-ring (bicyclic) bond motifs is 1. The van der Waals surface area contributed by atoms with Crippen LogP contribution in [0.15, 0.2) is 55.1 Å². The van der Waals surface area contributed by atoms with E-state index in [2.05, 4.69) is 20.2 Å². The van der Waals surface area contributed by atoms with Gasteiger partial charge >= 0.3 is 6.18 Å². The summed E-state index contributed by atoms with van der Waals surface area (Å²) in [5.41, 5.74) is 4.43. The molecule has 1 aliphatic rings. The summed E-state index contributed by atoms with van der Waals surface area (Å²) in [6.07, 6.45) is 5.09. The number of phenols is 1. The van der Waals surface area contributed by atoms with E-state index in [1.807, 2.05) is 18.3 Å². The standard InChI is InChI=1S/C22H19F3N6O/c23-22(24,25)13-30-6-3-14(4-7-30)18-5-8-31-12-19(29-21(31)28-18)17-2-1-15(9-20(17)32)16-10-26-27-11-16/h1-3,5,8-12,32H,4,6-7,13H2,(H,26,27). The molecular weight excluding hydrogens is 421 g/mol. The van der Waals surface area contributed by atoms with Crippen molar-refractivity contribution >= 4 is 11.4 Å². The first-order valence-corrected chi connectivity index (χ1v) is 10.0. The Morgan fingerprint density at radius 3 is 2.62 bits per heavy atom. The summed E-state index contributed by atoms with van der Waals surface area (Å²) in [4.78, 5) is 10.5. The molecule has 0 unspecified atom stereocenters. The first kappa shape index (κ1) is 20.3. The van der Waals surface area contributed by atoms with Gasteiger partial charge in [-0.1, -0.05) is 12.1 Å². The number of imidazole rings is 1. The Bertz CT molecular complexity index is 1290. The molecule has 32 heavy (non-hydrogen) atoms. The maximum Gasteiger partial charge on any atom is 0.401 e. The van der Waals surface area contributed by atoms with Crippen LogP contribution in [0.25, 0.3) is 33.7 Å². The number of aromatic amines is 1. The van der Waals surface area contributed by atoms with Gasteiger partial charge in [-0.15, -0.1) is 0 Å². The van der Waals surface area contributed by atoms with Crippen molar-refractivity contribution in [1.82, 2.24) is 29.5 Å². The van der Waals surface area contributed by atoms with Crippen molar-refractivity contribution in [3.63, 3.8) is 0 Å². The Morgan fingerprint density at radius 1 is 1.09 bits per heavy atom. The van der Waals surface area contributed by atoms with Gasteiger partial charge in [0.05, 0.1) is 24.1 Å². The zero-order valence-electron chi connectivity index (χ0n) is 16.8. The number of halogens is 3. The molecule has 10 heteroatoms. The minimum atomic E-state index is -4.20. The summed E-state index contributed by atoms with van der Waals surface area (Å²) in [5, 5.41) is 17.2. The maximum absolute atomic E-state index is 12.6. The third-order valence-corrected chi connectivity index (χ3v) is 5.46. The molecule has 0 saturated carbocycles. The predicted octanol–water partition coefficient (Wildman–Crippen LogP) is 4.14. The number of H-pyrrole nitrogens is 1. The fourth-order valence-corrected chi connectivity index (χ4v) is 3.86. The van der Waals surface area contributed by atoms with Crippen molar-refractivity contribution in [3.05, 3.63) is 60.8 Å². The van der Waals surface area contributed by atoms with E-state index in [9.17, 15) is 18.3 Å². The average Bonchev–Trinajstić information content (AvgIpc) is 3.42. The van der Waals surface area contributed by atoms with Gasteiger partial charge in [-0.3, -0.25) is 14.4 Å². The van der Waals surface area contributed by atoms with E-state index in [1.165, 1.54) is 4.90 Å². The van der Waals surface area contributed by atoms with Gasteiger partial charge in [0.15, 0.2) is 0 Å². The first-order valence-electron chi connectivity index (χ1n) is 10.0. The lowest BCUT2D eigenvalue weighted by molar-refractivity contribution is -0.144. The maximum atomic E-state index is 12.6. The Hall–Kier alpha value is -3.66. The lowest BCUT2D eigenvalue weighted by atomic mass is 10.0. The van der Waals surface area contributed by atoms with Crippen molar-refractivity contribution in [2.75, 3.05) is 19.6 Å². The van der Waals surface area contributed by atoms with Gasteiger partial charge in [0.25, 0.3) is 0 Å².